The molecule has 1 aliphatic heterocycles. The zero-order valence-corrected chi connectivity index (χ0v) is 18.0. The number of carbonyl (C=O) groups is 1. The quantitative estimate of drug-likeness (QED) is 0.594. The zero-order chi connectivity index (χ0) is 21.4. The van der Waals surface area contributed by atoms with Crippen molar-refractivity contribution in [2.75, 3.05) is 25.5 Å². The van der Waals surface area contributed by atoms with E-state index in [4.69, 9.17) is 5.41 Å². The van der Waals surface area contributed by atoms with Gasteiger partial charge < -0.3 is 10.2 Å². The predicted molar refractivity (Wildman–Crippen MR) is 123 cm³/mol. The van der Waals surface area contributed by atoms with Gasteiger partial charge in [-0.15, -0.1) is 0 Å². The van der Waals surface area contributed by atoms with Crippen molar-refractivity contribution in [2.24, 2.45) is 0 Å². The first kappa shape index (κ1) is 19.8. The number of likely N-dealkylation sites (tertiary alicyclic amines) is 1. The zero-order valence-electron chi connectivity index (χ0n) is 18.0. The molecule has 2 fully saturated rings. The molecule has 1 amide bonds. The van der Waals surface area contributed by atoms with E-state index in [1.54, 1.807) is 6.20 Å². The number of anilines is 1. The smallest absolute Gasteiger partial charge is 0.253 e. The van der Waals surface area contributed by atoms with Gasteiger partial charge in [-0.3, -0.25) is 14.6 Å². The number of pyridine rings is 1. The Morgan fingerprint density at radius 1 is 1.10 bits per heavy atom. The minimum Gasteiger partial charge on any atom is -0.388 e. The van der Waals surface area contributed by atoms with Crippen molar-refractivity contribution in [3.63, 3.8) is 0 Å². The molecule has 6 heteroatoms. The van der Waals surface area contributed by atoms with Gasteiger partial charge >= 0.3 is 0 Å². The summed E-state index contributed by atoms with van der Waals surface area (Å²) in [5.74, 6) is 0.728. The highest BCUT2D eigenvalue weighted by atomic mass is 16.2. The maximum absolute atomic E-state index is 13.0. The first-order valence-corrected chi connectivity index (χ1v) is 11.3. The maximum Gasteiger partial charge on any atom is 0.253 e. The lowest BCUT2D eigenvalue weighted by atomic mass is 10.0. The van der Waals surface area contributed by atoms with Crippen LogP contribution < -0.4 is 5.32 Å². The molecule has 1 aliphatic carbocycles. The predicted octanol–water partition coefficient (Wildman–Crippen LogP) is 4.69. The number of carbonyl (C=O) groups excluding carboxylic acids is 1. The highest BCUT2D eigenvalue weighted by molar-refractivity contribution is 6.14. The summed E-state index contributed by atoms with van der Waals surface area (Å²) < 4.78 is 2.02. The Bertz CT molecular complexity index is 1140. The summed E-state index contributed by atoms with van der Waals surface area (Å²) in [5, 5.41) is 12.1. The van der Waals surface area contributed by atoms with Gasteiger partial charge in [0.25, 0.3) is 5.91 Å². The average Bonchev–Trinajstić information content (AvgIpc) is 3.61. The number of nitrogens with one attached hydrogen (secondary N) is 2. The minimum absolute atomic E-state index is 0.0837. The molecule has 6 nitrogen and oxygen atoms in total. The van der Waals surface area contributed by atoms with E-state index in [0.29, 0.717) is 17.2 Å². The van der Waals surface area contributed by atoms with Crippen molar-refractivity contribution >= 4 is 23.0 Å². The van der Waals surface area contributed by atoms with Crippen molar-refractivity contribution in [1.29, 1.82) is 5.41 Å². The molecule has 5 rings (SSSR count). The third kappa shape index (κ3) is 3.82. The number of fused-ring (bicyclic) bond motifs is 1. The molecule has 1 aromatic carbocycles. The van der Waals surface area contributed by atoms with Crippen LogP contribution in [0.3, 0.4) is 0 Å². The highest BCUT2D eigenvalue weighted by Gasteiger charge is 2.25. The number of imidazole rings is 1. The van der Waals surface area contributed by atoms with Crippen LogP contribution in [0.2, 0.25) is 0 Å². The molecule has 2 aliphatic rings. The lowest BCUT2D eigenvalue weighted by Crippen LogP contribution is -2.31. The Hall–Kier alpha value is -3.15. The van der Waals surface area contributed by atoms with E-state index in [9.17, 15) is 4.79 Å². The molecule has 0 unspecified atom stereocenters. The molecule has 2 aromatic heterocycles. The van der Waals surface area contributed by atoms with Gasteiger partial charge in [-0.25, -0.2) is 4.98 Å². The van der Waals surface area contributed by atoms with Crippen molar-refractivity contribution in [3.8, 4) is 0 Å². The first-order valence-electron chi connectivity index (χ1n) is 11.3. The number of rotatable bonds is 5. The molecule has 3 aromatic rings. The number of aromatic nitrogens is 2. The van der Waals surface area contributed by atoms with E-state index < -0.39 is 0 Å². The van der Waals surface area contributed by atoms with Crippen molar-refractivity contribution in [2.45, 2.75) is 44.4 Å². The summed E-state index contributed by atoms with van der Waals surface area (Å²) in [6, 6.07) is 9.82. The van der Waals surface area contributed by atoms with Crippen LogP contribution in [0.4, 0.5) is 5.69 Å². The van der Waals surface area contributed by atoms with E-state index >= 15 is 0 Å². The van der Waals surface area contributed by atoms with Crippen LogP contribution in [-0.4, -0.2) is 46.0 Å². The number of benzene rings is 1. The molecule has 3 heterocycles. The number of nitrogens with zero attached hydrogens (tertiary/aromatic N) is 3. The topological polar surface area (TPSA) is 73.5 Å². The monoisotopic (exact) mass is 415 g/mol. The molecular formula is C25H29N5O. The number of hydrogen-bond acceptors (Lipinski definition) is 4. The lowest BCUT2D eigenvalue weighted by molar-refractivity contribution is 0.0761. The first-order chi connectivity index (χ1) is 15.2. The fourth-order valence-corrected chi connectivity index (χ4v) is 4.54. The largest absolute Gasteiger partial charge is 0.388 e. The second-order valence-electron chi connectivity index (χ2n) is 8.70. The second kappa shape index (κ2) is 8.17. The summed E-state index contributed by atoms with van der Waals surface area (Å²) in [6.07, 6.45) is 10.9. The van der Waals surface area contributed by atoms with Crippen LogP contribution in [-0.2, 0) is 0 Å². The summed E-state index contributed by atoms with van der Waals surface area (Å²) in [4.78, 5) is 19.5. The van der Waals surface area contributed by atoms with Crippen molar-refractivity contribution in [3.05, 3.63) is 65.1 Å². The van der Waals surface area contributed by atoms with E-state index in [1.807, 2.05) is 40.6 Å². The summed E-state index contributed by atoms with van der Waals surface area (Å²) in [7, 11) is 1.84. The molecule has 31 heavy (non-hydrogen) atoms. The van der Waals surface area contributed by atoms with Crippen LogP contribution in [0.15, 0.2) is 42.7 Å². The SMILES string of the molecule is CNc1cc(C(=O)N2CCCCCC2)ccc1C(=N)c1cnc2ccc(C3CC3)cn12. The van der Waals surface area contributed by atoms with E-state index in [1.165, 1.54) is 31.2 Å². The molecule has 1 saturated heterocycles. The fourth-order valence-electron chi connectivity index (χ4n) is 4.54. The van der Waals surface area contributed by atoms with Gasteiger partial charge in [-0.2, -0.15) is 0 Å². The van der Waals surface area contributed by atoms with Gasteiger partial charge in [0.15, 0.2) is 0 Å². The van der Waals surface area contributed by atoms with Crippen molar-refractivity contribution < 1.29 is 4.79 Å². The standard InChI is InChI=1S/C25H29N5O/c1-27-21-14-18(25(31)29-12-4-2-3-5-13-29)8-10-20(21)24(26)22-15-28-23-11-9-19(16-30(22)23)17-6-7-17/h8-11,14-17,26-27H,2-7,12-13H2,1H3. The third-order valence-electron chi connectivity index (χ3n) is 6.53. The van der Waals surface area contributed by atoms with Gasteiger partial charge in [0, 0.05) is 43.1 Å². The molecular weight excluding hydrogens is 386 g/mol. The van der Waals surface area contributed by atoms with Gasteiger partial charge in [0.1, 0.15) is 5.65 Å². The van der Waals surface area contributed by atoms with Gasteiger partial charge in [0.05, 0.1) is 17.6 Å². The molecule has 0 bridgehead atoms. The Balaban J connectivity index is 1.46. The average molecular weight is 416 g/mol. The third-order valence-corrected chi connectivity index (χ3v) is 6.53. The lowest BCUT2D eigenvalue weighted by Gasteiger charge is -2.21. The molecule has 0 radical (unpaired) electrons. The fraction of sp³-hybridized carbons (Fsp3) is 0.400. The molecule has 0 spiro atoms. The molecule has 160 valence electrons. The maximum atomic E-state index is 13.0. The Morgan fingerprint density at radius 2 is 1.87 bits per heavy atom. The van der Waals surface area contributed by atoms with Gasteiger partial charge in [-0.1, -0.05) is 18.9 Å². The summed E-state index contributed by atoms with van der Waals surface area (Å²) in [6.45, 7) is 1.66. The molecule has 2 N–H and O–H groups in total. The summed E-state index contributed by atoms with van der Waals surface area (Å²) >= 11 is 0. The Labute approximate surface area is 182 Å². The Kier molecular flexibility index (Phi) is 5.22. The van der Waals surface area contributed by atoms with Crippen LogP contribution in [0.1, 0.15) is 71.6 Å². The number of amides is 1. The normalized spacial score (nSPS) is 16.9. The van der Waals surface area contributed by atoms with Crippen molar-refractivity contribution in [1.82, 2.24) is 14.3 Å². The molecule has 1 saturated carbocycles. The van der Waals surface area contributed by atoms with E-state index in [-0.39, 0.29) is 5.91 Å². The summed E-state index contributed by atoms with van der Waals surface area (Å²) in [5.41, 5.74) is 5.57. The van der Waals surface area contributed by atoms with Crippen LogP contribution >= 0.6 is 0 Å². The van der Waals surface area contributed by atoms with Crippen LogP contribution in [0.25, 0.3) is 5.65 Å². The highest BCUT2D eigenvalue weighted by Crippen LogP contribution is 2.40. The van der Waals surface area contributed by atoms with Gasteiger partial charge in [0.2, 0.25) is 0 Å². The van der Waals surface area contributed by atoms with Gasteiger partial charge in [-0.05, 0) is 61.4 Å². The van der Waals surface area contributed by atoms with E-state index in [2.05, 4.69) is 22.6 Å². The Morgan fingerprint density at radius 3 is 2.58 bits per heavy atom. The minimum atomic E-state index is 0.0837. The second-order valence-corrected chi connectivity index (χ2v) is 8.70. The number of hydrogen-bond donors (Lipinski definition) is 2. The van der Waals surface area contributed by atoms with Crippen LogP contribution in [0.5, 0.6) is 0 Å². The van der Waals surface area contributed by atoms with Crippen LogP contribution in [0, 0.1) is 5.41 Å². The molecule has 0 atom stereocenters. The van der Waals surface area contributed by atoms with E-state index in [0.717, 1.165) is 48.5 Å².